The minimum atomic E-state index is -0.534. The Kier molecular flexibility index (Phi) is 16.5. The zero-order chi connectivity index (χ0) is 21.9. The van der Waals surface area contributed by atoms with Crippen LogP contribution in [0.1, 0.15) is 103 Å². The van der Waals surface area contributed by atoms with E-state index in [1.165, 1.54) is 77.0 Å². The summed E-state index contributed by atoms with van der Waals surface area (Å²) in [6.45, 7) is 6.82. The Hall–Kier alpha value is -1.29. The fourth-order valence-electron chi connectivity index (χ4n) is 3.40. The Morgan fingerprint density at radius 3 is 1.90 bits per heavy atom. The highest BCUT2D eigenvalue weighted by Gasteiger charge is 2.11. The molecule has 0 unspecified atom stereocenters. The average Bonchev–Trinajstić information content (AvgIpc) is 3.22. The number of hydrogen-bond acceptors (Lipinski definition) is 3. The molecule has 4 heteroatoms. The van der Waals surface area contributed by atoms with Crippen LogP contribution in [0.5, 0.6) is 11.5 Å². The summed E-state index contributed by atoms with van der Waals surface area (Å²) in [5.74, 6) is 3.57. The van der Waals surface area contributed by atoms with Gasteiger partial charge in [-0.15, -0.1) is 0 Å². The molecule has 1 aromatic carbocycles. The molecule has 0 aliphatic carbocycles. The van der Waals surface area contributed by atoms with Gasteiger partial charge in [-0.3, -0.25) is 4.21 Å². The Balaban J connectivity index is 0.000000321. The zero-order valence-corrected chi connectivity index (χ0v) is 20.4. The van der Waals surface area contributed by atoms with Crippen molar-refractivity contribution in [3.8, 4) is 11.5 Å². The van der Waals surface area contributed by atoms with Crippen LogP contribution < -0.4 is 9.47 Å². The number of benzene rings is 1. The van der Waals surface area contributed by atoms with Crippen molar-refractivity contribution >= 4 is 16.9 Å². The lowest BCUT2D eigenvalue weighted by Crippen LogP contribution is -2.02. The van der Waals surface area contributed by atoms with Gasteiger partial charge in [-0.1, -0.05) is 96.3 Å². The average molecular weight is 437 g/mol. The molecular weight excluding hydrogens is 392 g/mol. The van der Waals surface area contributed by atoms with Gasteiger partial charge < -0.3 is 9.47 Å². The minimum Gasteiger partial charge on any atom is -0.454 e. The van der Waals surface area contributed by atoms with Gasteiger partial charge >= 0.3 is 0 Å². The van der Waals surface area contributed by atoms with Gasteiger partial charge in [0.15, 0.2) is 11.5 Å². The molecule has 0 saturated heterocycles. The van der Waals surface area contributed by atoms with E-state index in [4.69, 9.17) is 9.47 Å². The van der Waals surface area contributed by atoms with Crippen LogP contribution in [0.3, 0.4) is 0 Å². The van der Waals surface area contributed by atoms with E-state index >= 15 is 0 Å². The predicted molar refractivity (Wildman–Crippen MR) is 132 cm³/mol. The van der Waals surface area contributed by atoms with Crippen molar-refractivity contribution in [1.29, 1.82) is 0 Å². The van der Waals surface area contributed by atoms with Gasteiger partial charge in [0.1, 0.15) is 0 Å². The zero-order valence-electron chi connectivity index (χ0n) is 19.6. The fourth-order valence-corrected chi connectivity index (χ4v) is 4.65. The molecule has 2 rings (SSSR count). The second-order valence-electron chi connectivity index (χ2n) is 8.00. The number of rotatable bonds is 15. The maximum atomic E-state index is 11.7. The third-order valence-corrected chi connectivity index (χ3v) is 6.69. The van der Waals surface area contributed by atoms with E-state index < -0.39 is 10.8 Å². The van der Waals surface area contributed by atoms with Crippen LogP contribution in [0.4, 0.5) is 0 Å². The first-order valence-electron chi connectivity index (χ1n) is 12.1. The van der Waals surface area contributed by atoms with Crippen molar-refractivity contribution in [1.82, 2.24) is 0 Å². The molecule has 0 fully saturated rings. The van der Waals surface area contributed by atoms with Crippen molar-refractivity contribution in [2.45, 2.75) is 97.8 Å². The van der Waals surface area contributed by atoms with Crippen LogP contribution in [-0.4, -0.2) is 22.5 Å². The van der Waals surface area contributed by atoms with Gasteiger partial charge in [0, 0.05) is 22.3 Å². The minimum absolute atomic E-state index is 0.342. The summed E-state index contributed by atoms with van der Waals surface area (Å²) in [6, 6.07) is 5.91. The van der Waals surface area contributed by atoms with Crippen molar-refractivity contribution in [3.63, 3.8) is 0 Å². The summed E-state index contributed by atoms with van der Waals surface area (Å²) in [7, 11) is -0.534. The lowest BCUT2D eigenvalue weighted by Gasteiger charge is -2.03. The Morgan fingerprint density at radius 1 is 0.800 bits per heavy atom. The molecule has 0 N–H and O–H groups in total. The number of unbranched alkanes of at least 4 members (excludes halogenated alkanes) is 10. The third-order valence-electron chi connectivity index (χ3n) is 5.21. The molecule has 0 spiro atoms. The number of fused-ring (bicyclic) bond motifs is 1. The van der Waals surface area contributed by atoms with Crippen LogP contribution in [0.25, 0.3) is 6.08 Å². The normalized spacial score (nSPS) is 12.4. The molecule has 0 amide bonds. The summed E-state index contributed by atoms with van der Waals surface area (Å²) >= 11 is 0. The van der Waals surface area contributed by atoms with E-state index in [9.17, 15) is 4.21 Å². The molecule has 0 saturated carbocycles. The first-order valence-corrected chi connectivity index (χ1v) is 13.6. The first-order chi connectivity index (χ1) is 14.7. The fraction of sp³-hybridized carbons (Fsp3) is 0.692. The third kappa shape index (κ3) is 13.1. The maximum absolute atomic E-state index is 11.7. The second-order valence-corrected chi connectivity index (χ2v) is 9.69. The lowest BCUT2D eigenvalue weighted by atomic mass is 10.1. The van der Waals surface area contributed by atoms with Crippen LogP contribution in [-0.2, 0) is 10.8 Å². The van der Waals surface area contributed by atoms with Crippen LogP contribution in [0.15, 0.2) is 24.3 Å². The first kappa shape index (κ1) is 26.7. The van der Waals surface area contributed by atoms with Gasteiger partial charge in [-0.05, 0) is 37.5 Å². The molecule has 0 atom stereocenters. The molecule has 0 aromatic heterocycles. The van der Waals surface area contributed by atoms with Gasteiger partial charge in [-0.2, -0.15) is 0 Å². The van der Waals surface area contributed by atoms with E-state index in [2.05, 4.69) is 13.8 Å². The quantitative estimate of drug-likeness (QED) is 0.262. The number of hydrogen-bond donors (Lipinski definition) is 0. The van der Waals surface area contributed by atoms with Crippen LogP contribution >= 0.6 is 0 Å². The monoisotopic (exact) mass is 436 g/mol. The largest absolute Gasteiger partial charge is 0.454 e. The van der Waals surface area contributed by atoms with Crippen LogP contribution in [0.2, 0.25) is 0 Å². The molecule has 0 bridgehead atoms. The van der Waals surface area contributed by atoms with Crippen molar-refractivity contribution in [2.24, 2.45) is 0 Å². The molecule has 3 nitrogen and oxygen atoms in total. The van der Waals surface area contributed by atoms with Crippen molar-refractivity contribution in [3.05, 3.63) is 29.8 Å². The van der Waals surface area contributed by atoms with E-state index in [-0.39, 0.29) is 0 Å². The van der Waals surface area contributed by atoms with Gasteiger partial charge in [0.25, 0.3) is 0 Å². The molecule has 1 aromatic rings. The summed E-state index contributed by atoms with van der Waals surface area (Å²) in [4.78, 5) is 0. The molecular formula is C26H44O3S. The Morgan fingerprint density at radius 2 is 1.33 bits per heavy atom. The highest BCUT2D eigenvalue weighted by molar-refractivity contribution is 7.84. The molecule has 0 radical (unpaired) electrons. The molecule has 172 valence electrons. The highest BCUT2D eigenvalue weighted by atomic mass is 32.2. The summed E-state index contributed by atoms with van der Waals surface area (Å²) < 4.78 is 22.1. The van der Waals surface area contributed by atoms with Gasteiger partial charge in [0.2, 0.25) is 6.79 Å². The topological polar surface area (TPSA) is 35.5 Å². The van der Waals surface area contributed by atoms with E-state index in [1.807, 2.05) is 37.3 Å². The smallest absolute Gasteiger partial charge is 0.231 e. The lowest BCUT2D eigenvalue weighted by molar-refractivity contribution is 0.174. The SMILES string of the molecule is CC=Cc1ccc2c(c1)OCO2.CCCCCCCCS(=O)CCCCCCCC. The van der Waals surface area contributed by atoms with Crippen LogP contribution in [0, 0.1) is 0 Å². The van der Waals surface area contributed by atoms with Crippen molar-refractivity contribution in [2.75, 3.05) is 18.3 Å². The molecule has 1 heterocycles. The maximum Gasteiger partial charge on any atom is 0.231 e. The molecule has 1 aliphatic rings. The Bertz CT molecular complexity index is 580. The predicted octanol–water partition coefficient (Wildman–Crippen LogP) is 7.90. The highest BCUT2D eigenvalue weighted by Crippen LogP contribution is 2.32. The van der Waals surface area contributed by atoms with Crippen molar-refractivity contribution < 1.29 is 13.7 Å². The van der Waals surface area contributed by atoms with Gasteiger partial charge in [-0.25, -0.2) is 0 Å². The summed E-state index contributed by atoms with van der Waals surface area (Å²) in [5.41, 5.74) is 1.14. The second kappa shape index (κ2) is 18.5. The van der Waals surface area contributed by atoms with Gasteiger partial charge in [0.05, 0.1) is 0 Å². The summed E-state index contributed by atoms with van der Waals surface area (Å²) in [5, 5.41) is 0. The summed E-state index contributed by atoms with van der Waals surface area (Å²) in [6.07, 6.45) is 19.7. The van der Waals surface area contributed by atoms with E-state index in [1.54, 1.807) is 0 Å². The number of ether oxygens (including phenoxy) is 2. The number of allylic oxidation sites excluding steroid dienone is 1. The molecule has 30 heavy (non-hydrogen) atoms. The molecule has 1 aliphatic heterocycles. The Labute approximate surface area is 188 Å². The standard InChI is InChI=1S/C16H34OS.C10H10O2/c1-3-5-7-9-11-13-15-18(17)16-14-12-10-8-6-4-2;1-2-3-8-4-5-9-10(6-8)12-7-11-9/h3-16H2,1-2H3;2-6H,7H2,1H3. The van der Waals surface area contributed by atoms with E-state index in [0.29, 0.717) is 6.79 Å². The van der Waals surface area contributed by atoms with E-state index in [0.717, 1.165) is 28.6 Å².